The topological polar surface area (TPSA) is 65.1 Å². The van der Waals surface area contributed by atoms with Crippen LogP contribution in [0, 0.1) is 0 Å². The van der Waals surface area contributed by atoms with Crippen molar-refractivity contribution in [3.05, 3.63) is 20.8 Å². The summed E-state index contributed by atoms with van der Waals surface area (Å²) in [4.78, 5) is 6.14. The minimum atomic E-state index is 0.0537. The highest BCUT2D eigenvalue weighted by molar-refractivity contribution is 9.10. The summed E-state index contributed by atoms with van der Waals surface area (Å²) >= 11 is 5.28. The van der Waals surface area contributed by atoms with E-state index in [1.807, 2.05) is 0 Å². The fourth-order valence-electron chi connectivity index (χ4n) is 2.61. The Morgan fingerprint density at radius 1 is 1.50 bits per heavy atom. The molecule has 7 heteroatoms. The summed E-state index contributed by atoms with van der Waals surface area (Å²) in [5, 5.41) is 14.1. The Bertz CT molecular complexity index is 457. The van der Waals surface area contributed by atoms with E-state index in [1.165, 1.54) is 4.88 Å². The number of piperazine rings is 1. The fraction of sp³-hybridized carbons (Fsp3) is 0.615. The van der Waals surface area contributed by atoms with E-state index in [1.54, 1.807) is 11.3 Å². The lowest BCUT2D eigenvalue weighted by molar-refractivity contribution is 0.110. The Morgan fingerprint density at radius 2 is 2.20 bits per heavy atom. The average Bonchev–Trinajstić information content (AvgIpc) is 2.86. The van der Waals surface area contributed by atoms with Crippen molar-refractivity contribution in [2.75, 3.05) is 26.2 Å². The van der Waals surface area contributed by atoms with Gasteiger partial charge >= 0.3 is 0 Å². The normalized spacial score (nSPS) is 20.2. The molecule has 2 heterocycles. The maximum atomic E-state index is 8.84. The van der Waals surface area contributed by atoms with E-state index >= 15 is 0 Å². The van der Waals surface area contributed by atoms with E-state index < -0.39 is 0 Å². The minimum Gasteiger partial charge on any atom is -0.409 e. The molecule has 0 amide bonds. The molecule has 1 atom stereocenters. The van der Waals surface area contributed by atoms with Gasteiger partial charge in [-0.3, -0.25) is 9.80 Å². The van der Waals surface area contributed by atoms with Crippen LogP contribution < -0.4 is 5.73 Å². The van der Waals surface area contributed by atoms with Gasteiger partial charge in [0.05, 0.1) is 6.04 Å². The monoisotopic (exact) mass is 360 g/mol. The molecule has 20 heavy (non-hydrogen) atoms. The lowest BCUT2D eigenvalue weighted by atomic mass is 10.1. The summed E-state index contributed by atoms with van der Waals surface area (Å²) in [7, 11) is 0. The number of nitrogens with zero attached hydrogens (tertiary/aromatic N) is 3. The molecule has 0 aromatic carbocycles. The van der Waals surface area contributed by atoms with Crippen LogP contribution in [0.1, 0.15) is 18.2 Å². The maximum Gasteiger partial charge on any atom is 0.156 e. The zero-order valence-electron chi connectivity index (χ0n) is 11.6. The molecule has 0 radical (unpaired) electrons. The highest BCUT2D eigenvalue weighted by Crippen LogP contribution is 2.22. The third-order valence-corrected chi connectivity index (χ3v) is 5.37. The number of thiophene rings is 1. The van der Waals surface area contributed by atoms with Gasteiger partial charge in [0, 0.05) is 47.5 Å². The van der Waals surface area contributed by atoms with Crippen molar-refractivity contribution in [1.82, 2.24) is 9.80 Å². The number of hydrogen-bond acceptors (Lipinski definition) is 5. The highest BCUT2D eigenvalue weighted by atomic mass is 79.9. The molecule has 0 spiro atoms. The van der Waals surface area contributed by atoms with Gasteiger partial charge in [-0.25, -0.2) is 0 Å². The van der Waals surface area contributed by atoms with Gasteiger partial charge < -0.3 is 10.9 Å². The molecule has 0 saturated carbocycles. The van der Waals surface area contributed by atoms with Crippen LogP contribution in [-0.2, 0) is 6.54 Å². The van der Waals surface area contributed by atoms with Gasteiger partial charge in [0.2, 0.25) is 0 Å². The summed E-state index contributed by atoms with van der Waals surface area (Å²) in [5.41, 5.74) is 5.76. The molecule has 0 aliphatic carbocycles. The number of oxime groups is 1. The van der Waals surface area contributed by atoms with Gasteiger partial charge in [0.1, 0.15) is 0 Å². The molecule has 1 fully saturated rings. The third-order valence-electron chi connectivity index (χ3n) is 3.69. The van der Waals surface area contributed by atoms with Crippen LogP contribution in [0.4, 0.5) is 0 Å². The van der Waals surface area contributed by atoms with E-state index in [9.17, 15) is 0 Å². The first kappa shape index (κ1) is 15.8. The molecule has 3 N–H and O–H groups in total. The van der Waals surface area contributed by atoms with Crippen LogP contribution in [-0.4, -0.2) is 53.1 Å². The van der Waals surface area contributed by atoms with Crippen molar-refractivity contribution in [3.8, 4) is 0 Å². The number of halogens is 1. The Kier molecular flexibility index (Phi) is 5.83. The molecular weight excluding hydrogens is 340 g/mol. The van der Waals surface area contributed by atoms with Gasteiger partial charge in [-0.2, -0.15) is 0 Å². The number of hydrogen-bond donors (Lipinski definition) is 2. The van der Waals surface area contributed by atoms with E-state index in [0.717, 1.165) is 43.6 Å². The quantitative estimate of drug-likeness (QED) is 0.365. The van der Waals surface area contributed by atoms with Gasteiger partial charge in [0.25, 0.3) is 0 Å². The highest BCUT2D eigenvalue weighted by Gasteiger charge is 2.25. The van der Waals surface area contributed by atoms with E-state index in [4.69, 9.17) is 10.9 Å². The van der Waals surface area contributed by atoms with E-state index in [2.05, 4.69) is 49.3 Å². The van der Waals surface area contributed by atoms with Crippen LogP contribution in [0.5, 0.6) is 0 Å². The molecule has 1 aromatic rings. The molecule has 1 saturated heterocycles. The first-order chi connectivity index (χ1) is 9.63. The second-order valence-electron chi connectivity index (χ2n) is 4.99. The van der Waals surface area contributed by atoms with Crippen molar-refractivity contribution in [3.63, 3.8) is 0 Å². The summed E-state index contributed by atoms with van der Waals surface area (Å²) in [5.74, 6) is 0.322. The summed E-state index contributed by atoms with van der Waals surface area (Å²) in [6.45, 7) is 7.03. The number of amidine groups is 1. The van der Waals surface area contributed by atoms with Crippen molar-refractivity contribution in [2.24, 2.45) is 10.9 Å². The predicted molar refractivity (Wildman–Crippen MR) is 86.4 cm³/mol. The van der Waals surface area contributed by atoms with Crippen molar-refractivity contribution < 1.29 is 5.21 Å². The molecule has 112 valence electrons. The molecule has 1 aromatic heterocycles. The van der Waals surface area contributed by atoms with Gasteiger partial charge in [-0.1, -0.05) is 12.1 Å². The molecule has 2 rings (SSSR count). The molecule has 5 nitrogen and oxygen atoms in total. The average molecular weight is 361 g/mol. The summed E-state index contributed by atoms with van der Waals surface area (Å²) < 4.78 is 1.16. The molecule has 1 aliphatic heterocycles. The summed E-state index contributed by atoms with van der Waals surface area (Å²) in [6.07, 6.45) is 0.869. The van der Waals surface area contributed by atoms with E-state index in [-0.39, 0.29) is 6.04 Å². The fourth-order valence-corrected chi connectivity index (χ4v) is 4.10. The number of nitrogens with two attached hydrogens (primary N) is 1. The predicted octanol–water partition coefficient (Wildman–Crippen LogP) is 2.15. The first-order valence-electron chi connectivity index (χ1n) is 6.80. The second kappa shape index (κ2) is 7.40. The minimum absolute atomic E-state index is 0.0537. The molecule has 1 aliphatic rings. The maximum absolute atomic E-state index is 8.84. The van der Waals surface area contributed by atoms with Gasteiger partial charge in [-0.15, -0.1) is 11.3 Å². The second-order valence-corrected chi connectivity index (χ2v) is 6.90. The van der Waals surface area contributed by atoms with Crippen LogP contribution in [0.25, 0.3) is 0 Å². The van der Waals surface area contributed by atoms with Crippen LogP contribution >= 0.6 is 27.3 Å². The zero-order valence-corrected chi connectivity index (χ0v) is 14.0. The molecular formula is C13H21BrN4OS. The van der Waals surface area contributed by atoms with Crippen molar-refractivity contribution in [1.29, 1.82) is 0 Å². The Labute approximate surface area is 132 Å². The third kappa shape index (κ3) is 3.94. The Morgan fingerprint density at radius 3 is 2.70 bits per heavy atom. The van der Waals surface area contributed by atoms with Gasteiger partial charge in [0.15, 0.2) is 5.84 Å². The lowest BCUT2D eigenvalue weighted by Gasteiger charge is -2.38. The van der Waals surface area contributed by atoms with Crippen molar-refractivity contribution >= 4 is 33.1 Å². The van der Waals surface area contributed by atoms with Crippen molar-refractivity contribution in [2.45, 2.75) is 25.9 Å². The summed E-state index contributed by atoms with van der Waals surface area (Å²) in [6, 6.07) is 2.24. The molecule has 0 bridgehead atoms. The lowest BCUT2D eigenvalue weighted by Crippen LogP contribution is -2.53. The molecule has 1 unspecified atom stereocenters. The van der Waals surface area contributed by atoms with Crippen LogP contribution in [0.2, 0.25) is 0 Å². The number of rotatable bonds is 5. The largest absolute Gasteiger partial charge is 0.409 e. The standard InChI is InChI=1S/C13H21BrN4OS/c1-2-12(13(15)16-19)18-5-3-17(4-6-18)8-11-7-10(14)9-20-11/h7,9,12,19H,2-6,8H2,1H3,(H2,15,16). The first-order valence-corrected chi connectivity index (χ1v) is 8.48. The SMILES string of the molecule is CCC(C(N)=NO)N1CCN(Cc2cc(Br)cs2)CC1. The van der Waals surface area contributed by atoms with Crippen LogP contribution in [0.15, 0.2) is 21.1 Å². The Balaban J connectivity index is 1.85. The zero-order chi connectivity index (χ0) is 14.5. The van der Waals surface area contributed by atoms with Gasteiger partial charge in [-0.05, 0) is 28.4 Å². The van der Waals surface area contributed by atoms with Crippen LogP contribution in [0.3, 0.4) is 0 Å². The van der Waals surface area contributed by atoms with E-state index in [0.29, 0.717) is 5.84 Å². The Hall–Kier alpha value is -0.630. The smallest absolute Gasteiger partial charge is 0.156 e.